The average Bonchev–Trinajstić information content (AvgIpc) is 2.73. The topological polar surface area (TPSA) is 47.0 Å². The number of β-amino-alcohol motifs (C(OH)–C–C–N with tert-alkyl or cyclic N) is 1. The Bertz CT molecular complexity index is 418. The van der Waals surface area contributed by atoms with Crippen LogP contribution in [0.1, 0.15) is 34.1 Å². The molecule has 5 heteroatoms. The van der Waals surface area contributed by atoms with Gasteiger partial charge < -0.3 is 10.0 Å². The molecule has 3 aliphatic rings. The van der Waals surface area contributed by atoms with Crippen LogP contribution in [0.25, 0.3) is 0 Å². The maximum absolute atomic E-state index is 12.4. The largest absolute Gasteiger partial charge is 0.392 e. The van der Waals surface area contributed by atoms with Crippen molar-refractivity contribution in [1.29, 1.82) is 0 Å². The number of amides is 1. The molecule has 3 fully saturated rings. The number of rotatable bonds is 2. The Morgan fingerprint density at radius 2 is 1.81 bits per heavy atom. The van der Waals surface area contributed by atoms with E-state index in [9.17, 15) is 9.90 Å². The molecular weight excluding hydrogens is 266 g/mol. The maximum atomic E-state index is 12.4. The molecule has 0 radical (unpaired) electrons. The molecule has 120 valence electrons. The fourth-order valence-electron chi connectivity index (χ4n) is 4.30. The molecule has 5 nitrogen and oxygen atoms in total. The Morgan fingerprint density at radius 3 is 2.38 bits per heavy atom. The van der Waals surface area contributed by atoms with Crippen LogP contribution >= 0.6 is 0 Å². The molecule has 1 amide bonds. The van der Waals surface area contributed by atoms with Gasteiger partial charge in [0.05, 0.1) is 11.6 Å². The quantitative estimate of drug-likeness (QED) is 0.800. The van der Waals surface area contributed by atoms with Crippen LogP contribution in [0.5, 0.6) is 0 Å². The summed E-state index contributed by atoms with van der Waals surface area (Å²) < 4.78 is 0. The monoisotopic (exact) mass is 295 g/mol. The summed E-state index contributed by atoms with van der Waals surface area (Å²) in [6.45, 7) is 12.9. The number of hydrogen-bond donors (Lipinski definition) is 1. The van der Waals surface area contributed by atoms with Crippen molar-refractivity contribution < 1.29 is 9.90 Å². The highest BCUT2D eigenvalue weighted by atomic mass is 16.3. The molecule has 1 N–H and O–H groups in total. The van der Waals surface area contributed by atoms with Crippen LogP contribution in [0.3, 0.4) is 0 Å². The number of fused-ring (bicyclic) bond motifs is 2. The summed E-state index contributed by atoms with van der Waals surface area (Å²) in [5.41, 5.74) is 0.0786. The molecule has 0 saturated carbocycles. The third kappa shape index (κ3) is 2.49. The van der Waals surface area contributed by atoms with Crippen LogP contribution < -0.4 is 0 Å². The lowest BCUT2D eigenvalue weighted by molar-refractivity contribution is -0.155. The SMILES string of the molecule is CC(C)C(=O)N1CC2CC(O)CN2C2(C1)CN(C(C)C)C2. The minimum absolute atomic E-state index is 0.0567. The van der Waals surface area contributed by atoms with Gasteiger partial charge in [-0.05, 0) is 20.3 Å². The standard InChI is InChI=1S/C16H29N3O2/c1-11(2)15(21)17-6-13-5-14(20)7-19(13)16(8-17)9-18(10-16)12(3)4/h11-14,20H,5-10H2,1-4H3. The molecule has 0 aromatic heterocycles. The fraction of sp³-hybridized carbons (Fsp3) is 0.938. The predicted molar refractivity (Wildman–Crippen MR) is 82.0 cm³/mol. The zero-order valence-electron chi connectivity index (χ0n) is 13.7. The maximum Gasteiger partial charge on any atom is 0.225 e. The van der Waals surface area contributed by atoms with Gasteiger partial charge in [0, 0.05) is 50.7 Å². The van der Waals surface area contributed by atoms with Gasteiger partial charge in [-0.3, -0.25) is 14.6 Å². The van der Waals surface area contributed by atoms with Gasteiger partial charge in [0.1, 0.15) is 0 Å². The summed E-state index contributed by atoms with van der Waals surface area (Å²) in [5, 5.41) is 10.1. The highest BCUT2D eigenvalue weighted by molar-refractivity contribution is 5.78. The fourth-order valence-corrected chi connectivity index (χ4v) is 4.30. The molecule has 0 aromatic carbocycles. The zero-order valence-corrected chi connectivity index (χ0v) is 13.7. The van der Waals surface area contributed by atoms with Crippen molar-refractivity contribution in [3.8, 4) is 0 Å². The number of likely N-dealkylation sites (tertiary alicyclic amines) is 1. The summed E-state index contributed by atoms with van der Waals surface area (Å²) >= 11 is 0. The molecule has 21 heavy (non-hydrogen) atoms. The lowest BCUT2D eigenvalue weighted by atomic mass is 9.82. The first kappa shape index (κ1) is 15.3. The summed E-state index contributed by atoms with van der Waals surface area (Å²) in [6.07, 6.45) is 0.583. The Labute approximate surface area is 127 Å². The normalized spacial score (nSPS) is 32.8. The van der Waals surface area contributed by atoms with Gasteiger partial charge in [0.15, 0.2) is 0 Å². The second kappa shape index (κ2) is 5.21. The highest BCUT2D eigenvalue weighted by Crippen LogP contribution is 2.39. The predicted octanol–water partition coefficient (Wildman–Crippen LogP) is 0.383. The second-order valence-electron chi connectivity index (χ2n) is 7.79. The molecular formula is C16H29N3O2. The first-order valence-corrected chi connectivity index (χ1v) is 8.30. The number of carbonyl (C=O) groups excluding carboxylic acids is 1. The first-order chi connectivity index (χ1) is 9.82. The summed E-state index contributed by atoms with van der Waals surface area (Å²) in [5.74, 6) is 0.319. The molecule has 3 heterocycles. The number of hydrogen-bond acceptors (Lipinski definition) is 4. The number of aliphatic hydroxyl groups excluding tert-OH is 1. The Hall–Kier alpha value is -0.650. The van der Waals surface area contributed by atoms with Crippen molar-refractivity contribution in [2.45, 2.75) is 57.8 Å². The molecule has 3 saturated heterocycles. The van der Waals surface area contributed by atoms with Crippen molar-refractivity contribution in [3.63, 3.8) is 0 Å². The van der Waals surface area contributed by atoms with Crippen LogP contribution in [-0.4, -0.2) is 82.2 Å². The molecule has 0 aliphatic carbocycles. The van der Waals surface area contributed by atoms with Gasteiger partial charge in [0.2, 0.25) is 5.91 Å². The van der Waals surface area contributed by atoms with E-state index in [1.807, 2.05) is 13.8 Å². The van der Waals surface area contributed by atoms with Gasteiger partial charge in [-0.15, -0.1) is 0 Å². The van der Waals surface area contributed by atoms with Crippen LogP contribution in [0.4, 0.5) is 0 Å². The van der Waals surface area contributed by atoms with E-state index < -0.39 is 0 Å². The van der Waals surface area contributed by atoms with E-state index in [1.54, 1.807) is 0 Å². The van der Waals surface area contributed by atoms with Crippen LogP contribution in [0.15, 0.2) is 0 Å². The molecule has 3 aliphatic heterocycles. The lowest BCUT2D eigenvalue weighted by Gasteiger charge is -2.62. The van der Waals surface area contributed by atoms with E-state index >= 15 is 0 Å². The summed E-state index contributed by atoms with van der Waals surface area (Å²) in [6, 6.07) is 0.892. The minimum Gasteiger partial charge on any atom is -0.392 e. The van der Waals surface area contributed by atoms with E-state index in [4.69, 9.17) is 0 Å². The number of carbonyl (C=O) groups is 1. The molecule has 1 spiro atoms. The molecule has 2 unspecified atom stereocenters. The van der Waals surface area contributed by atoms with Gasteiger partial charge in [-0.25, -0.2) is 0 Å². The van der Waals surface area contributed by atoms with E-state index in [2.05, 4.69) is 28.5 Å². The van der Waals surface area contributed by atoms with Crippen molar-refractivity contribution >= 4 is 5.91 Å². The summed E-state index contributed by atoms with van der Waals surface area (Å²) in [4.78, 5) is 19.5. The first-order valence-electron chi connectivity index (χ1n) is 8.30. The third-order valence-corrected chi connectivity index (χ3v) is 5.45. The van der Waals surface area contributed by atoms with Crippen molar-refractivity contribution in [1.82, 2.24) is 14.7 Å². The molecule has 0 bridgehead atoms. The number of nitrogens with zero attached hydrogens (tertiary/aromatic N) is 3. The lowest BCUT2D eigenvalue weighted by Crippen LogP contribution is -2.79. The smallest absolute Gasteiger partial charge is 0.225 e. The Morgan fingerprint density at radius 1 is 1.14 bits per heavy atom. The average molecular weight is 295 g/mol. The van der Waals surface area contributed by atoms with Crippen molar-refractivity contribution in [3.05, 3.63) is 0 Å². The van der Waals surface area contributed by atoms with E-state index in [0.717, 1.165) is 39.1 Å². The third-order valence-electron chi connectivity index (χ3n) is 5.45. The van der Waals surface area contributed by atoms with Gasteiger partial charge in [0.25, 0.3) is 0 Å². The van der Waals surface area contributed by atoms with Gasteiger partial charge >= 0.3 is 0 Å². The Balaban J connectivity index is 1.79. The van der Waals surface area contributed by atoms with E-state index in [1.165, 1.54) is 0 Å². The molecule has 0 aromatic rings. The summed E-state index contributed by atoms with van der Waals surface area (Å²) in [7, 11) is 0. The van der Waals surface area contributed by atoms with Crippen LogP contribution in [0, 0.1) is 5.92 Å². The van der Waals surface area contributed by atoms with E-state index in [0.29, 0.717) is 12.1 Å². The minimum atomic E-state index is -0.228. The zero-order chi connectivity index (χ0) is 15.4. The van der Waals surface area contributed by atoms with Crippen LogP contribution in [-0.2, 0) is 4.79 Å². The number of aliphatic hydroxyl groups is 1. The molecule has 2 atom stereocenters. The van der Waals surface area contributed by atoms with E-state index in [-0.39, 0.29) is 23.5 Å². The van der Waals surface area contributed by atoms with Gasteiger partial charge in [-0.1, -0.05) is 13.8 Å². The number of piperazine rings is 1. The van der Waals surface area contributed by atoms with Crippen LogP contribution in [0.2, 0.25) is 0 Å². The van der Waals surface area contributed by atoms with Crippen molar-refractivity contribution in [2.75, 3.05) is 32.7 Å². The van der Waals surface area contributed by atoms with Crippen molar-refractivity contribution in [2.24, 2.45) is 5.92 Å². The highest BCUT2D eigenvalue weighted by Gasteiger charge is 2.56. The second-order valence-corrected chi connectivity index (χ2v) is 7.79. The Kier molecular flexibility index (Phi) is 3.79. The van der Waals surface area contributed by atoms with Gasteiger partial charge in [-0.2, -0.15) is 0 Å². The molecule has 3 rings (SSSR count).